The van der Waals surface area contributed by atoms with E-state index < -0.39 is 0 Å². The van der Waals surface area contributed by atoms with Crippen LogP contribution < -0.4 is 10.6 Å². The molecular weight excluding hydrogens is 284 g/mol. The largest absolute Gasteiger partial charge is 0.374 e. The zero-order valence-corrected chi connectivity index (χ0v) is 14.1. The molecule has 1 amide bonds. The Balaban J connectivity index is 1.65. The number of carbonyl (C=O) groups is 1. The first-order valence-electron chi connectivity index (χ1n) is 8.29. The minimum absolute atomic E-state index is 0.0162. The van der Waals surface area contributed by atoms with Gasteiger partial charge in [-0.1, -0.05) is 23.8 Å². The van der Waals surface area contributed by atoms with Crippen LogP contribution in [0.25, 0.3) is 0 Å². The van der Waals surface area contributed by atoms with Crippen molar-refractivity contribution < 1.29 is 4.79 Å². The van der Waals surface area contributed by atoms with Gasteiger partial charge in [0.05, 0.1) is 0 Å². The Morgan fingerprint density at radius 3 is 2.61 bits per heavy atom. The fourth-order valence-electron chi connectivity index (χ4n) is 3.17. The summed E-state index contributed by atoms with van der Waals surface area (Å²) in [5.74, 6) is -0.0162. The van der Waals surface area contributed by atoms with E-state index in [1.807, 2.05) is 26.0 Å². The molecule has 3 rings (SSSR count). The monoisotopic (exact) mass is 308 g/mol. The van der Waals surface area contributed by atoms with Crippen LogP contribution in [0.15, 0.2) is 36.4 Å². The van der Waals surface area contributed by atoms with Crippen LogP contribution in [-0.4, -0.2) is 11.9 Å². The number of hydrogen-bond acceptors (Lipinski definition) is 2. The van der Waals surface area contributed by atoms with Gasteiger partial charge in [-0.05, 0) is 74.9 Å². The molecule has 120 valence electrons. The number of benzene rings is 2. The summed E-state index contributed by atoms with van der Waals surface area (Å²) in [7, 11) is 0. The van der Waals surface area contributed by atoms with E-state index in [0.29, 0.717) is 0 Å². The highest BCUT2D eigenvalue weighted by Gasteiger charge is 2.16. The van der Waals surface area contributed by atoms with Crippen LogP contribution in [0, 0.1) is 13.8 Å². The first-order valence-corrected chi connectivity index (χ1v) is 8.29. The molecule has 0 spiro atoms. The number of hydrogen-bond donors (Lipinski definition) is 2. The van der Waals surface area contributed by atoms with Crippen LogP contribution in [0.2, 0.25) is 0 Å². The van der Waals surface area contributed by atoms with Gasteiger partial charge in [0, 0.05) is 11.4 Å². The molecule has 0 aromatic heterocycles. The Hall–Kier alpha value is -2.29. The average molecular weight is 308 g/mol. The second-order valence-electron chi connectivity index (χ2n) is 6.51. The van der Waals surface area contributed by atoms with Crippen molar-refractivity contribution in [3.05, 3.63) is 58.7 Å². The molecule has 0 aliphatic heterocycles. The van der Waals surface area contributed by atoms with Gasteiger partial charge >= 0.3 is 0 Å². The van der Waals surface area contributed by atoms with Crippen molar-refractivity contribution in [1.29, 1.82) is 0 Å². The fraction of sp³-hybridized carbons (Fsp3) is 0.350. The minimum Gasteiger partial charge on any atom is -0.374 e. The lowest BCUT2D eigenvalue weighted by Gasteiger charge is -2.17. The van der Waals surface area contributed by atoms with Gasteiger partial charge in [0.15, 0.2) is 0 Å². The summed E-state index contributed by atoms with van der Waals surface area (Å²) in [5, 5.41) is 6.32. The Labute approximate surface area is 138 Å². The first kappa shape index (κ1) is 15.6. The summed E-state index contributed by atoms with van der Waals surface area (Å²) in [6.45, 7) is 5.96. The molecule has 0 radical (unpaired) electrons. The van der Waals surface area contributed by atoms with E-state index in [0.717, 1.165) is 23.4 Å². The van der Waals surface area contributed by atoms with Gasteiger partial charge in [0.1, 0.15) is 6.04 Å². The maximum atomic E-state index is 12.4. The van der Waals surface area contributed by atoms with Gasteiger partial charge in [-0.3, -0.25) is 4.79 Å². The molecule has 3 nitrogen and oxygen atoms in total. The van der Waals surface area contributed by atoms with Crippen molar-refractivity contribution >= 4 is 17.3 Å². The Morgan fingerprint density at radius 2 is 1.83 bits per heavy atom. The normalized spacial score (nSPS) is 14.2. The summed E-state index contributed by atoms with van der Waals surface area (Å²) < 4.78 is 0. The minimum atomic E-state index is -0.282. The summed E-state index contributed by atoms with van der Waals surface area (Å²) in [6, 6.07) is 12.2. The van der Waals surface area contributed by atoms with Crippen LogP contribution in [0.1, 0.15) is 35.6 Å². The molecule has 2 aromatic carbocycles. The number of fused-ring (bicyclic) bond motifs is 1. The van der Waals surface area contributed by atoms with E-state index >= 15 is 0 Å². The van der Waals surface area contributed by atoms with Crippen molar-refractivity contribution in [2.75, 3.05) is 10.6 Å². The molecule has 0 saturated carbocycles. The van der Waals surface area contributed by atoms with Gasteiger partial charge in [-0.15, -0.1) is 0 Å². The van der Waals surface area contributed by atoms with Crippen LogP contribution >= 0.6 is 0 Å². The summed E-state index contributed by atoms with van der Waals surface area (Å²) >= 11 is 0. The van der Waals surface area contributed by atoms with Crippen molar-refractivity contribution in [3.8, 4) is 0 Å². The molecule has 1 aliphatic carbocycles. The zero-order valence-electron chi connectivity index (χ0n) is 14.1. The van der Waals surface area contributed by atoms with Crippen molar-refractivity contribution in [2.24, 2.45) is 0 Å². The van der Waals surface area contributed by atoms with Gasteiger partial charge < -0.3 is 10.6 Å². The van der Waals surface area contributed by atoms with Crippen LogP contribution in [0.4, 0.5) is 11.4 Å². The molecule has 23 heavy (non-hydrogen) atoms. The standard InChI is InChI=1S/C20H24N2O/c1-13-7-10-19(14(2)11-13)22-20(23)15(3)21-18-9-8-16-5-4-6-17(16)12-18/h7-12,15,21H,4-6H2,1-3H3,(H,22,23)/t15-/m1/s1. The number of nitrogens with one attached hydrogen (secondary N) is 2. The third-order valence-corrected chi connectivity index (χ3v) is 4.51. The van der Waals surface area contributed by atoms with E-state index in [1.54, 1.807) is 0 Å². The third kappa shape index (κ3) is 3.55. The third-order valence-electron chi connectivity index (χ3n) is 4.51. The lowest BCUT2D eigenvalue weighted by Crippen LogP contribution is -2.32. The van der Waals surface area contributed by atoms with E-state index in [9.17, 15) is 4.79 Å². The molecule has 1 aliphatic rings. The molecule has 2 aromatic rings. The molecule has 2 N–H and O–H groups in total. The lowest BCUT2D eigenvalue weighted by molar-refractivity contribution is -0.116. The van der Waals surface area contributed by atoms with Crippen LogP contribution in [0.3, 0.4) is 0 Å². The quantitative estimate of drug-likeness (QED) is 0.887. The van der Waals surface area contributed by atoms with E-state index in [-0.39, 0.29) is 11.9 Å². The van der Waals surface area contributed by atoms with Crippen LogP contribution in [-0.2, 0) is 17.6 Å². The summed E-state index contributed by atoms with van der Waals surface area (Å²) in [6.07, 6.45) is 3.56. The van der Waals surface area contributed by atoms with Gasteiger partial charge in [-0.2, -0.15) is 0 Å². The number of anilines is 2. The second kappa shape index (κ2) is 6.45. The molecule has 0 unspecified atom stereocenters. The molecule has 3 heteroatoms. The highest BCUT2D eigenvalue weighted by atomic mass is 16.2. The van der Waals surface area contributed by atoms with Gasteiger partial charge in [0.2, 0.25) is 5.91 Å². The number of aryl methyl sites for hydroxylation is 4. The van der Waals surface area contributed by atoms with E-state index in [1.165, 1.54) is 29.5 Å². The Bertz CT molecular complexity index is 736. The van der Waals surface area contributed by atoms with Gasteiger partial charge in [-0.25, -0.2) is 0 Å². The number of rotatable bonds is 4. The zero-order chi connectivity index (χ0) is 16.4. The second-order valence-corrected chi connectivity index (χ2v) is 6.51. The van der Waals surface area contributed by atoms with Crippen molar-refractivity contribution in [1.82, 2.24) is 0 Å². The van der Waals surface area contributed by atoms with E-state index in [2.05, 4.69) is 41.8 Å². The average Bonchev–Trinajstić information content (AvgIpc) is 2.97. The predicted molar refractivity (Wildman–Crippen MR) is 96.1 cm³/mol. The summed E-state index contributed by atoms with van der Waals surface area (Å²) in [5.41, 5.74) is 7.05. The first-order chi connectivity index (χ1) is 11.0. The Kier molecular flexibility index (Phi) is 4.37. The number of carbonyl (C=O) groups excluding carboxylic acids is 1. The SMILES string of the molecule is Cc1ccc(NC(=O)[C@@H](C)Nc2ccc3c(c2)CCC3)c(C)c1. The molecular formula is C20H24N2O. The van der Waals surface area contributed by atoms with Crippen LogP contribution in [0.5, 0.6) is 0 Å². The number of amides is 1. The van der Waals surface area contributed by atoms with Crippen molar-refractivity contribution in [3.63, 3.8) is 0 Å². The molecule has 0 bridgehead atoms. The molecule has 0 heterocycles. The highest BCUT2D eigenvalue weighted by molar-refractivity contribution is 5.96. The Morgan fingerprint density at radius 1 is 1.04 bits per heavy atom. The van der Waals surface area contributed by atoms with Gasteiger partial charge in [0.25, 0.3) is 0 Å². The molecule has 0 saturated heterocycles. The fourth-order valence-corrected chi connectivity index (χ4v) is 3.17. The maximum absolute atomic E-state index is 12.4. The highest BCUT2D eigenvalue weighted by Crippen LogP contribution is 2.25. The molecule has 1 atom stereocenters. The predicted octanol–water partition coefficient (Wildman–Crippen LogP) is 4.23. The van der Waals surface area contributed by atoms with Crippen molar-refractivity contribution in [2.45, 2.75) is 46.1 Å². The smallest absolute Gasteiger partial charge is 0.246 e. The maximum Gasteiger partial charge on any atom is 0.246 e. The summed E-state index contributed by atoms with van der Waals surface area (Å²) in [4.78, 5) is 12.4. The van der Waals surface area contributed by atoms with E-state index in [4.69, 9.17) is 0 Å². The lowest BCUT2D eigenvalue weighted by atomic mass is 10.1. The topological polar surface area (TPSA) is 41.1 Å². The molecule has 0 fully saturated rings.